The summed E-state index contributed by atoms with van der Waals surface area (Å²) >= 11 is 0. The Hall–Kier alpha value is -5.56. The van der Waals surface area contributed by atoms with Crippen molar-refractivity contribution in [3.05, 3.63) is 157 Å². The number of anilines is 2. The van der Waals surface area contributed by atoms with Crippen LogP contribution in [0.3, 0.4) is 0 Å². The minimum Gasteiger partial charge on any atom is -0.456 e. The van der Waals surface area contributed by atoms with Crippen LogP contribution in [0.2, 0.25) is 0 Å². The minimum absolute atomic E-state index is 0.255. The van der Waals surface area contributed by atoms with Gasteiger partial charge in [0.25, 0.3) is 0 Å². The van der Waals surface area contributed by atoms with Crippen molar-refractivity contribution in [3.63, 3.8) is 0 Å². The average Bonchev–Trinajstić information content (AvgIpc) is 4.22. The molecule has 6 heteroatoms. The van der Waals surface area contributed by atoms with Crippen molar-refractivity contribution >= 4 is 55.3 Å². The predicted molar refractivity (Wildman–Crippen MR) is 314 cm³/mol. The zero-order valence-electron chi connectivity index (χ0n) is 45.5. The van der Waals surface area contributed by atoms with E-state index in [-0.39, 0.29) is 12.2 Å². The minimum atomic E-state index is 0.255. The smallest absolute Gasteiger partial charge is 0.138 e. The summed E-state index contributed by atoms with van der Waals surface area (Å²) in [6.45, 7) is 0. The average molecular weight is 1040 g/mol. The fraction of sp³-hybridized carbons (Fsp3) is 0.500. The number of ether oxygens (including phenoxy) is 2. The van der Waals surface area contributed by atoms with Gasteiger partial charge < -0.3 is 28.1 Å². The molecule has 9 fully saturated rings. The van der Waals surface area contributed by atoms with Crippen LogP contribution in [0.15, 0.2) is 154 Å². The van der Waals surface area contributed by atoms with Crippen LogP contribution in [0.25, 0.3) is 43.9 Å². The fourth-order valence-electron chi connectivity index (χ4n) is 20.5. The van der Waals surface area contributed by atoms with E-state index < -0.39 is 0 Å². The van der Waals surface area contributed by atoms with Gasteiger partial charge in [0.1, 0.15) is 22.3 Å². The van der Waals surface area contributed by atoms with Gasteiger partial charge in [0, 0.05) is 32.9 Å². The van der Waals surface area contributed by atoms with Gasteiger partial charge in [-0.05, 0) is 197 Å². The molecule has 0 N–H and O–H groups in total. The van der Waals surface area contributed by atoms with Gasteiger partial charge in [-0.25, -0.2) is 0 Å². The number of benzene rings is 6. The van der Waals surface area contributed by atoms with Crippen LogP contribution in [0, 0.1) is 47.3 Å². The van der Waals surface area contributed by atoms with Crippen LogP contribution in [0.4, 0.5) is 11.4 Å². The van der Waals surface area contributed by atoms with E-state index in [1.165, 1.54) is 160 Å². The quantitative estimate of drug-likeness (QED) is 0.164. The molecule has 0 amide bonds. The molecule has 0 radical (unpaired) electrons. The van der Waals surface area contributed by atoms with E-state index in [0.717, 1.165) is 22.3 Å². The Bertz CT molecular complexity index is 3250. The third kappa shape index (κ3) is 7.53. The topological polar surface area (TPSA) is 51.2 Å². The van der Waals surface area contributed by atoms with Gasteiger partial charge in [-0.15, -0.1) is 0 Å². The molecular formula is C72H78N2O4. The normalized spacial score (nSPS) is 37.4. The molecule has 4 heterocycles. The van der Waals surface area contributed by atoms with Gasteiger partial charge >= 0.3 is 0 Å². The molecule has 400 valence electrons. The van der Waals surface area contributed by atoms with Crippen LogP contribution in [-0.4, -0.2) is 48.6 Å². The van der Waals surface area contributed by atoms with Crippen LogP contribution in [0.5, 0.6) is 0 Å². The Labute approximate surface area is 461 Å². The maximum absolute atomic E-state index is 7.72. The van der Waals surface area contributed by atoms with Gasteiger partial charge in [0.15, 0.2) is 0 Å². The number of morpholine rings is 2. The molecule has 6 aromatic carbocycles. The summed E-state index contributed by atoms with van der Waals surface area (Å²) < 4.78 is 29.3. The highest BCUT2D eigenvalue weighted by Crippen LogP contribution is 2.65. The Morgan fingerprint density at radius 2 is 0.692 bits per heavy atom. The van der Waals surface area contributed by atoms with E-state index in [2.05, 4.69) is 155 Å². The van der Waals surface area contributed by atoms with E-state index in [4.69, 9.17) is 18.3 Å². The van der Waals surface area contributed by atoms with E-state index in [1.54, 1.807) is 0 Å². The summed E-state index contributed by atoms with van der Waals surface area (Å²) in [6.07, 6.45) is 23.6. The van der Waals surface area contributed by atoms with Gasteiger partial charge in [-0.1, -0.05) is 135 Å². The standard InChI is InChI=1S/C72H78N2O4/c1-3-17-45(18-4-1)73-61-27-9-13-31-67(61)75-69-41-59-50-36-34-44(48-24-16-26-54-52-22-8-12-30-66(52)78-72(48)54)38-56(50)58-40-64-70(76-68-32-14-10-28-62(68)74(64)46-19-5-2-6-20-46)42-60(58)49-35-33-43(37-55(49)57(59)39-63(69)73)47-23-15-25-53-51-21-7-11-29-65(51)77-71(47)53/h1-8,11-12,15-26,29-30,43-44,49-50,55-64,67-70H,9-10,13-14,27-28,31-42H2. The second-order valence-electron chi connectivity index (χ2n) is 26.7. The van der Waals surface area contributed by atoms with Gasteiger partial charge in [0.2, 0.25) is 0 Å². The van der Waals surface area contributed by atoms with Crippen molar-refractivity contribution in [3.8, 4) is 0 Å². The van der Waals surface area contributed by atoms with Crippen molar-refractivity contribution in [2.75, 3.05) is 9.80 Å². The lowest BCUT2D eigenvalue weighted by Gasteiger charge is -2.64. The van der Waals surface area contributed by atoms with Gasteiger partial charge in [0.05, 0.1) is 48.6 Å². The number of para-hydroxylation sites is 6. The first-order valence-electron chi connectivity index (χ1n) is 31.4. The SMILES string of the molecule is c1ccc(N2C3CCCCC3OC3CC4C5CCC(c6cccc7c6oc6ccccc67)CC5C5CC6C(CC5C5CCC(c7cccc8c7oc7ccccc78)CC5C4CC32)OC2CCCCC2N6c2ccccc2)cc1. The number of nitrogens with zero attached hydrogens (tertiary/aromatic N) is 2. The Kier molecular flexibility index (Phi) is 11.5. The molecule has 78 heavy (non-hydrogen) atoms. The first-order valence-corrected chi connectivity index (χ1v) is 31.4. The molecule has 18 unspecified atom stereocenters. The van der Waals surface area contributed by atoms with Crippen molar-refractivity contribution in [1.29, 1.82) is 0 Å². The van der Waals surface area contributed by atoms with Gasteiger partial charge in [-0.2, -0.15) is 0 Å². The molecule has 0 bridgehead atoms. The summed E-state index contributed by atoms with van der Waals surface area (Å²) in [6, 6.07) is 56.9. The molecule has 18 atom stereocenters. The molecule has 2 aliphatic heterocycles. The lowest BCUT2D eigenvalue weighted by molar-refractivity contribution is -0.169. The van der Waals surface area contributed by atoms with Crippen LogP contribution in [-0.2, 0) is 9.47 Å². The van der Waals surface area contributed by atoms with E-state index in [0.29, 0.717) is 95.6 Å². The maximum atomic E-state index is 7.72. The number of hydrogen-bond acceptors (Lipinski definition) is 6. The van der Waals surface area contributed by atoms with Crippen molar-refractivity contribution in [1.82, 2.24) is 0 Å². The third-order valence-corrected chi connectivity index (χ3v) is 23.4. The first-order chi connectivity index (χ1) is 38.7. The highest BCUT2D eigenvalue weighted by atomic mass is 16.5. The molecule has 9 aliphatic rings. The largest absolute Gasteiger partial charge is 0.456 e. The van der Waals surface area contributed by atoms with Crippen molar-refractivity contribution < 1.29 is 18.3 Å². The summed E-state index contributed by atoms with van der Waals surface area (Å²) in [7, 11) is 0. The number of rotatable bonds is 4. The van der Waals surface area contributed by atoms with Crippen LogP contribution in [0.1, 0.15) is 139 Å². The molecule has 7 saturated carbocycles. The maximum Gasteiger partial charge on any atom is 0.138 e. The highest BCUT2D eigenvalue weighted by Gasteiger charge is 2.61. The molecule has 6 nitrogen and oxygen atoms in total. The Morgan fingerprint density at radius 1 is 0.295 bits per heavy atom. The molecule has 8 aromatic rings. The molecule has 2 aromatic heterocycles. The number of hydrogen-bond donors (Lipinski definition) is 0. The lowest BCUT2D eigenvalue weighted by atomic mass is 9.45. The first kappa shape index (κ1) is 47.3. The van der Waals surface area contributed by atoms with Crippen LogP contribution < -0.4 is 9.80 Å². The summed E-state index contributed by atoms with van der Waals surface area (Å²) in [5.41, 5.74) is 10.1. The predicted octanol–water partition coefficient (Wildman–Crippen LogP) is 17.4. The van der Waals surface area contributed by atoms with E-state index in [9.17, 15) is 0 Å². The fourth-order valence-corrected chi connectivity index (χ4v) is 20.5. The van der Waals surface area contributed by atoms with E-state index in [1.807, 2.05) is 0 Å². The molecule has 2 saturated heterocycles. The molecule has 0 spiro atoms. The van der Waals surface area contributed by atoms with Crippen molar-refractivity contribution in [2.24, 2.45) is 47.3 Å². The van der Waals surface area contributed by atoms with E-state index >= 15 is 0 Å². The van der Waals surface area contributed by atoms with Crippen molar-refractivity contribution in [2.45, 2.75) is 176 Å². The molecule has 7 aliphatic carbocycles. The van der Waals surface area contributed by atoms with Gasteiger partial charge in [-0.3, -0.25) is 0 Å². The second kappa shape index (κ2) is 19.0. The molecule has 17 rings (SSSR count). The summed E-state index contributed by atoms with van der Waals surface area (Å²) in [4.78, 5) is 5.98. The number of fused-ring (bicyclic) bond motifs is 18. The Balaban J connectivity index is 0.822. The Morgan fingerprint density at radius 3 is 1.17 bits per heavy atom. The monoisotopic (exact) mass is 1030 g/mol. The summed E-state index contributed by atoms with van der Waals surface area (Å²) in [5.74, 6) is 6.00. The zero-order valence-corrected chi connectivity index (χ0v) is 45.5. The third-order valence-electron chi connectivity index (χ3n) is 23.4. The zero-order chi connectivity index (χ0) is 51.0. The second-order valence-corrected chi connectivity index (χ2v) is 26.7. The number of furan rings is 2. The van der Waals surface area contributed by atoms with Crippen LogP contribution >= 0.6 is 0 Å². The highest BCUT2D eigenvalue weighted by molar-refractivity contribution is 6.06. The lowest BCUT2D eigenvalue weighted by Crippen LogP contribution is -2.67. The summed E-state index contributed by atoms with van der Waals surface area (Å²) in [5, 5.41) is 5.08. The molecular weight excluding hydrogens is 957 g/mol.